The predicted molar refractivity (Wildman–Crippen MR) is 344 cm³/mol. The number of guanidine groups is 1. The van der Waals surface area contributed by atoms with E-state index in [1.807, 2.05) is 63.2 Å². The van der Waals surface area contributed by atoms with Crippen molar-refractivity contribution in [2.24, 2.45) is 34.2 Å². The molecular weight excluding hydrogens is 1150 g/mol. The van der Waals surface area contributed by atoms with Crippen molar-refractivity contribution in [3.05, 3.63) is 35.9 Å². The number of nitrogens with one attached hydrogen (secondary N) is 6. The number of nitrogens with zero attached hydrogens (tertiary/aromatic N) is 5. The summed E-state index contributed by atoms with van der Waals surface area (Å²) in [6.45, 7) is 10.6. The first-order chi connectivity index (χ1) is 42.8. The molecule has 90 heavy (non-hydrogen) atoms. The average Bonchev–Trinajstić information content (AvgIpc) is 3.02. The summed E-state index contributed by atoms with van der Waals surface area (Å²) >= 11 is 0. The molecule has 1 aromatic carbocycles. The van der Waals surface area contributed by atoms with Crippen LogP contribution in [0.15, 0.2) is 35.3 Å². The largest absolute Gasteiger partial charge is 0.481 e. The molecule has 9 amide bonds. The first-order valence-electron chi connectivity index (χ1n) is 33.1. The fourth-order valence-corrected chi connectivity index (χ4v) is 12.1. The van der Waals surface area contributed by atoms with Gasteiger partial charge in [-0.05, 0) is 109 Å². The lowest BCUT2D eigenvalue weighted by molar-refractivity contribution is -0.149. The van der Waals surface area contributed by atoms with Gasteiger partial charge in [-0.25, -0.2) is 0 Å². The third kappa shape index (κ3) is 26.5. The number of likely N-dealkylation sites (N-methyl/N-ethyl adjacent to an activating group) is 1. The summed E-state index contributed by atoms with van der Waals surface area (Å²) < 4.78 is 0. The van der Waals surface area contributed by atoms with E-state index in [0.29, 0.717) is 38.8 Å². The van der Waals surface area contributed by atoms with E-state index in [1.54, 1.807) is 18.7 Å². The maximum Gasteiger partial charge on any atom is 0.305 e. The molecule has 9 atom stereocenters. The normalized spacial score (nSPS) is 19.1. The highest BCUT2D eigenvalue weighted by atomic mass is 16.4. The minimum Gasteiger partial charge on any atom is -0.481 e. The van der Waals surface area contributed by atoms with Gasteiger partial charge in [0.05, 0.1) is 18.4 Å². The van der Waals surface area contributed by atoms with Gasteiger partial charge in [0.15, 0.2) is 5.96 Å². The minimum atomic E-state index is -1.70. The lowest BCUT2D eigenvalue weighted by Gasteiger charge is -2.35. The molecule has 2 heterocycles. The molecule has 0 radical (unpaired) electrons. The van der Waals surface area contributed by atoms with Crippen molar-refractivity contribution >= 4 is 65.1 Å². The Bertz CT molecular complexity index is 2510. The van der Waals surface area contributed by atoms with Crippen LogP contribution in [0.2, 0.25) is 0 Å². The van der Waals surface area contributed by atoms with Gasteiger partial charge in [-0.1, -0.05) is 116 Å². The minimum absolute atomic E-state index is 0.00974. The molecule has 3 fully saturated rings. The van der Waals surface area contributed by atoms with E-state index in [1.165, 1.54) is 11.9 Å². The fourth-order valence-electron chi connectivity index (χ4n) is 12.1. The van der Waals surface area contributed by atoms with Gasteiger partial charge in [-0.2, -0.15) is 0 Å². The molecule has 2 saturated heterocycles. The molecule has 25 nitrogen and oxygen atoms in total. The van der Waals surface area contributed by atoms with E-state index in [9.17, 15) is 53.4 Å². The maximum absolute atomic E-state index is 15.0. The maximum atomic E-state index is 15.0. The quantitative estimate of drug-likeness (QED) is 0.0198. The van der Waals surface area contributed by atoms with Crippen molar-refractivity contribution in [2.75, 3.05) is 53.9 Å². The first-order valence-corrected chi connectivity index (χ1v) is 33.1. The molecule has 0 unspecified atom stereocenters. The zero-order valence-electron chi connectivity index (χ0n) is 55.0. The van der Waals surface area contributed by atoms with Crippen molar-refractivity contribution in [3.63, 3.8) is 0 Å². The number of rotatable bonds is 37. The second-order valence-corrected chi connectivity index (χ2v) is 26.1. The number of unbranched alkanes of at least 4 members (excludes halogenated alkanes) is 4. The van der Waals surface area contributed by atoms with Crippen molar-refractivity contribution < 1.29 is 58.2 Å². The number of aliphatic carboxylic acids is 1. The molecular formula is C65H109N13O12. The number of carbonyl (C=O) groups is 10. The first kappa shape index (κ1) is 75.6. The highest BCUT2D eigenvalue weighted by molar-refractivity contribution is 5.99. The number of hydrogen-bond acceptors (Lipinski definition) is 13. The fraction of sp³-hybridized carbons (Fsp3) is 0.738. The van der Waals surface area contributed by atoms with E-state index < -0.39 is 108 Å². The topological polar surface area (TPSA) is 361 Å². The van der Waals surface area contributed by atoms with E-state index >= 15 is 4.79 Å². The number of carboxylic acids is 1. The van der Waals surface area contributed by atoms with Crippen molar-refractivity contribution in [2.45, 2.75) is 237 Å². The number of carboxylic acid groups (broad SMARTS) is 1. The van der Waals surface area contributed by atoms with Gasteiger partial charge in [0.1, 0.15) is 42.3 Å². The van der Waals surface area contributed by atoms with Gasteiger partial charge in [0, 0.05) is 58.5 Å². The number of β-amino-alcohol motifs (C(OH)–C–C–N with tert-alkyl or cyclic N) is 1. The SMILES string of the molecule is CCCCCCCC(=O)N1CCC[C@H](C(=O)N[C@@H](Cc2ccccc2)C(=O)N[C@H](CCCN(C)C)C(=O)N[C@@H](CC(C)C)C(=O)N2C[C@H](O)C[C@H]2C(=O)N(C)[C@@H](CC(C)C)C(=O)N[C@@H](CC(=O)O)C(=O)N[C@@H](CCCN=C(N)N)C(=O)NC2CCCCCC2)C1. The van der Waals surface area contributed by atoms with Gasteiger partial charge < -0.3 is 73.2 Å². The number of piperidine rings is 1. The zero-order valence-corrected chi connectivity index (χ0v) is 55.0. The summed E-state index contributed by atoms with van der Waals surface area (Å²) in [7, 11) is 5.09. The predicted octanol–water partition coefficient (Wildman–Crippen LogP) is 2.84. The van der Waals surface area contributed by atoms with E-state index in [4.69, 9.17) is 11.5 Å². The molecule has 4 rings (SSSR count). The Morgan fingerprint density at radius 2 is 1.27 bits per heavy atom. The summed E-state index contributed by atoms with van der Waals surface area (Å²) in [5, 5.41) is 38.2. The van der Waals surface area contributed by atoms with Crippen LogP contribution in [0.25, 0.3) is 0 Å². The molecule has 25 heteroatoms. The third-order valence-corrected chi connectivity index (χ3v) is 17.1. The number of aliphatic hydroxyl groups is 1. The number of hydrogen-bond donors (Lipinski definition) is 10. The number of amides is 9. The van der Waals surface area contributed by atoms with Crippen LogP contribution in [-0.2, 0) is 54.4 Å². The van der Waals surface area contributed by atoms with Gasteiger partial charge in [0.2, 0.25) is 53.2 Å². The molecule has 1 aliphatic carbocycles. The van der Waals surface area contributed by atoms with Crippen LogP contribution in [-0.4, -0.2) is 203 Å². The highest BCUT2D eigenvalue weighted by Crippen LogP contribution is 2.26. The van der Waals surface area contributed by atoms with Crippen LogP contribution in [0.4, 0.5) is 0 Å². The third-order valence-electron chi connectivity index (χ3n) is 17.1. The summed E-state index contributed by atoms with van der Waals surface area (Å²) in [5.74, 6) is -7.99. The molecule has 1 aromatic rings. The zero-order chi connectivity index (χ0) is 66.5. The van der Waals surface area contributed by atoms with Gasteiger partial charge >= 0.3 is 5.97 Å². The Balaban J connectivity index is 1.56. The smallest absolute Gasteiger partial charge is 0.305 e. The van der Waals surface area contributed by atoms with Crippen LogP contribution < -0.4 is 43.4 Å². The van der Waals surface area contributed by atoms with E-state index in [-0.39, 0.29) is 100 Å². The number of benzene rings is 1. The summed E-state index contributed by atoms with van der Waals surface area (Å²) in [6.07, 6.45) is 10.9. The molecule has 0 spiro atoms. The number of aliphatic hydroxyl groups excluding tert-OH is 1. The Hall–Kier alpha value is -6.89. The molecule has 3 aliphatic rings. The Kier molecular flexibility index (Phi) is 33.1. The molecule has 506 valence electrons. The standard InChI is InChI=1S/C65H109N13O12/c1-9-10-11-12-20-31-55(80)77-34-22-26-45(40-77)57(83)72-50(37-44-24-16-15-17-25-44)60(86)71-49(30-23-33-75(6)7)59(85)74-52(35-42(2)3)63(89)78-41-47(79)38-54(78)64(90)76(8)53(36-43(4)5)62(88)73-51(39-56(81)82)61(87)70-48(29-21-32-68-65(66)67)58(84)69-46-27-18-13-14-19-28-46/h15-17,24-25,42-43,45-54,79H,9-14,18-23,26-41H2,1-8H3,(H,69,84)(H,70,87)(H,71,86)(H,72,83)(H,73,88)(H,74,85)(H,81,82)(H4,66,67,68)/t45-,47+,48-,49+,50-,51-,52-,53-,54-/m0/s1. The van der Waals surface area contributed by atoms with Crippen LogP contribution in [0.1, 0.15) is 181 Å². The van der Waals surface area contributed by atoms with Crippen molar-refractivity contribution in [1.29, 1.82) is 0 Å². The second kappa shape index (κ2) is 39.4. The summed E-state index contributed by atoms with van der Waals surface area (Å²) in [6, 6.07) is -0.0645. The van der Waals surface area contributed by atoms with Crippen molar-refractivity contribution in [3.8, 4) is 0 Å². The number of likely N-dealkylation sites (tertiary alicyclic amines) is 2. The van der Waals surface area contributed by atoms with Crippen LogP contribution >= 0.6 is 0 Å². The van der Waals surface area contributed by atoms with Crippen molar-refractivity contribution in [1.82, 2.24) is 51.5 Å². The monoisotopic (exact) mass is 1260 g/mol. The molecule has 12 N–H and O–H groups in total. The number of aliphatic imine (C=N–C) groups is 1. The molecule has 0 bridgehead atoms. The van der Waals surface area contributed by atoms with E-state index in [0.717, 1.165) is 81.1 Å². The highest BCUT2D eigenvalue weighted by Gasteiger charge is 2.45. The average molecular weight is 1260 g/mol. The number of carbonyl (C=O) groups excluding carboxylic acids is 9. The summed E-state index contributed by atoms with van der Waals surface area (Å²) in [5.41, 5.74) is 11.8. The van der Waals surface area contributed by atoms with Gasteiger partial charge in [-0.15, -0.1) is 0 Å². The summed E-state index contributed by atoms with van der Waals surface area (Å²) in [4.78, 5) is 151. The van der Waals surface area contributed by atoms with Gasteiger partial charge in [0.25, 0.3) is 0 Å². The number of nitrogens with two attached hydrogens (primary N) is 2. The van der Waals surface area contributed by atoms with E-state index in [2.05, 4.69) is 43.8 Å². The molecule has 0 aromatic heterocycles. The van der Waals surface area contributed by atoms with Crippen LogP contribution in [0.3, 0.4) is 0 Å². The molecule has 2 aliphatic heterocycles. The Morgan fingerprint density at radius 3 is 1.89 bits per heavy atom. The Labute approximate surface area is 533 Å². The second-order valence-electron chi connectivity index (χ2n) is 26.1. The lowest BCUT2D eigenvalue weighted by atomic mass is 9.95. The van der Waals surface area contributed by atoms with Crippen LogP contribution in [0, 0.1) is 17.8 Å². The Morgan fingerprint density at radius 1 is 0.667 bits per heavy atom. The van der Waals surface area contributed by atoms with Gasteiger partial charge in [-0.3, -0.25) is 52.9 Å². The molecule has 1 saturated carbocycles. The van der Waals surface area contributed by atoms with Crippen LogP contribution in [0.5, 0.6) is 0 Å². The lowest BCUT2D eigenvalue weighted by Crippen LogP contribution is -2.60.